The van der Waals surface area contributed by atoms with E-state index in [2.05, 4.69) is 243 Å². The number of anilines is 6. The molecule has 0 saturated carbocycles. The Hall–Kier alpha value is -7.42. The van der Waals surface area contributed by atoms with Gasteiger partial charge in [-0.05, 0) is 111 Å². The summed E-state index contributed by atoms with van der Waals surface area (Å²) < 4.78 is 0. The van der Waals surface area contributed by atoms with Crippen LogP contribution in [0.4, 0.5) is 34.1 Å². The van der Waals surface area contributed by atoms with E-state index >= 15 is 0 Å². The highest BCUT2D eigenvalue weighted by Crippen LogP contribution is 2.52. The molecule has 10 aromatic rings. The van der Waals surface area contributed by atoms with Gasteiger partial charge in [0.2, 0.25) is 0 Å². The maximum Gasteiger partial charge on any atom is 0.0619 e. The van der Waals surface area contributed by atoms with Crippen molar-refractivity contribution in [3.05, 3.63) is 229 Å². The SMILES string of the molecule is Cc1ccc(N(c2cccc3ccccc23)c2c3ccccc3c(-c3ccc(N(c4ccccc4)c4ccc5c(c4)C(C)(C)c4ccccc4-5)cc3)c3ccccc23)cc1. The first-order chi connectivity index (χ1) is 29.5. The lowest BCUT2D eigenvalue weighted by molar-refractivity contribution is 0.660. The summed E-state index contributed by atoms with van der Waals surface area (Å²) in [5.41, 5.74) is 15.8. The number of hydrogen-bond donors (Lipinski definition) is 0. The lowest BCUT2D eigenvalue weighted by Gasteiger charge is -2.30. The Morgan fingerprint density at radius 1 is 0.367 bits per heavy atom. The lowest BCUT2D eigenvalue weighted by Crippen LogP contribution is -2.16. The third-order valence-corrected chi connectivity index (χ3v) is 12.7. The first-order valence-corrected chi connectivity index (χ1v) is 20.9. The van der Waals surface area contributed by atoms with Gasteiger partial charge in [0.05, 0.1) is 11.4 Å². The Labute approximate surface area is 352 Å². The van der Waals surface area contributed by atoms with Crippen LogP contribution in [-0.2, 0) is 5.41 Å². The van der Waals surface area contributed by atoms with Gasteiger partial charge in [0.15, 0.2) is 0 Å². The molecule has 286 valence electrons. The standard InChI is InChI=1S/C58H44N2/c1-39-28-32-44(33-29-39)60(55-27-15-17-40-16-7-8-20-46(40)55)57-51-24-11-9-22-49(51)56(50-23-10-12-25-52(50)57)41-30-34-43(35-31-41)59(42-18-5-4-6-19-42)45-36-37-48-47-21-13-14-26-53(47)58(2,3)54(48)38-45/h4-38H,1-3H3. The van der Waals surface area contributed by atoms with E-state index in [1.54, 1.807) is 0 Å². The van der Waals surface area contributed by atoms with E-state index in [0.29, 0.717) is 0 Å². The van der Waals surface area contributed by atoms with Crippen LogP contribution >= 0.6 is 0 Å². The van der Waals surface area contributed by atoms with Gasteiger partial charge in [-0.1, -0.05) is 177 Å². The Kier molecular flexibility index (Phi) is 8.42. The molecule has 0 heterocycles. The van der Waals surface area contributed by atoms with E-state index in [9.17, 15) is 0 Å². The first kappa shape index (κ1) is 35.7. The van der Waals surface area contributed by atoms with E-state index in [1.165, 1.54) is 76.9 Å². The zero-order chi connectivity index (χ0) is 40.4. The molecule has 0 aromatic heterocycles. The Morgan fingerprint density at radius 3 is 1.60 bits per heavy atom. The van der Waals surface area contributed by atoms with Crippen molar-refractivity contribution >= 4 is 66.4 Å². The number of fused-ring (bicyclic) bond motifs is 6. The van der Waals surface area contributed by atoms with Gasteiger partial charge in [-0.3, -0.25) is 0 Å². The van der Waals surface area contributed by atoms with Gasteiger partial charge in [0.25, 0.3) is 0 Å². The van der Waals surface area contributed by atoms with Crippen molar-refractivity contribution in [2.45, 2.75) is 26.2 Å². The third kappa shape index (κ3) is 5.71. The number of rotatable bonds is 7. The fourth-order valence-corrected chi connectivity index (χ4v) is 9.78. The highest BCUT2D eigenvalue weighted by molar-refractivity contribution is 6.23. The maximum absolute atomic E-state index is 2.48. The van der Waals surface area contributed by atoms with E-state index in [0.717, 1.165) is 28.4 Å². The molecule has 0 radical (unpaired) electrons. The number of para-hydroxylation sites is 1. The van der Waals surface area contributed by atoms with Crippen LogP contribution in [0.1, 0.15) is 30.5 Å². The highest BCUT2D eigenvalue weighted by atomic mass is 15.2. The van der Waals surface area contributed by atoms with Gasteiger partial charge in [-0.2, -0.15) is 0 Å². The van der Waals surface area contributed by atoms with Crippen LogP contribution in [0.3, 0.4) is 0 Å². The molecule has 0 saturated heterocycles. The van der Waals surface area contributed by atoms with Crippen molar-refractivity contribution in [1.82, 2.24) is 0 Å². The number of aryl methyl sites for hydroxylation is 1. The largest absolute Gasteiger partial charge is 0.310 e. The predicted molar refractivity (Wildman–Crippen MR) is 256 cm³/mol. The van der Waals surface area contributed by atoms with Crippen LogP contribution < -0.4 is 9.80 Å². The maximum atomic E-state index is 2.48. The zero-order valence-corrected chi connectivity index (χ0v) is 34.1. The van der Waals surface area contributed by atoms with Crippen LogP contribution in [0.5, 0.6) is 0 Å². The molecule has 10 aromatic carbocycles. The molecule has 60 heavy (non-hydrogen) atoms. The molecule has 0 N–H and O–H groups in total. The summed E-state index contributed by atoms with van der Waals surface area (Å²) >= 11 is 0. The molecule has 2 heteroatoms. The van der Waals surface area contributed by atoms with Gasteiger partial charge >= 0.3 is 0 Å². The minimum Gasteiger partial charge on any atom is -0.310 e. The molecule has 0 spiro atoms. The summed E-state index contributed by atoms with van der Waals surface area (Å²) in [4.78, 5) is 4.87. The first-order valence-electron chi connectivity index (χ1n) is 20.9. The fourth-order valence-electron chi connectivity index (χ4n) is 9.78. The predicted octanol–water partition coefficient (Wildman–Crippen LogP) is 16.4. The number of nitrogens with zero attached hydrogens (tertiary/aromatic N) is 2. The highest BCUT2D eigenvalue weighted by Gasteiger charge is 2.35. The smallest absolute Gasteiger partial charge is 0.0619 e. The Bertz CT molecular complexity index is 3170. The molecule has 2 nitrogen and oxygen atoms in total. The monoisotopic (exact) mass is 768 g/mol. The molecule has 0 amide bonds. The van der Waals surface area contributed by atoms with Gasteiger partial charge in [-0.15, -0.1) is 0 Å². The van der Waals surface area contributed by atoms with Crippen molar-refractivity contribution in [3.63, 3.8) is 0 Å². The van der Waals surface area contributed by atoms with E-state index < -0.39 is 0 Å². The Morgan fingerprint density at radius 2 is 0.883 bits per heavy atom. The summed E-state index contributed by atoms with van der Waals surface area (Å²) in [7, 11) is 0. The summed E-state index contributed by atoms with van der Waals surface area (Å²) in [5, 5.41) is 7.28. The summed E-state index contributed by atoms with van der Waals surface area (Å²) in [5.74, 6) is 0. The second kappa shape index (κ2) is 14.1. The van der Waals surface area contributed by atoms with Crippen molar-refractivity contribution in [3.8, 4) is 22.3 Å². The van der Waals surface area contributed by atoms with E-state index in [1.807, 2.05) is 0 Å². The molecule has 0 unspecified atom stereocenters. The van der Waals surface area contributed by atoms with Crippen LogP contribution in [0, 0.1) is 6.92 Å². The molecular weight excluding hydrogens is 725 g/mol. The van der Waals surface area contributed by atoms with E-state index in [-0.39, 0.29) is 5.41 Å². The van der Waals surface area contributed by atoms with Gasteiger partial charge < -0.3 is 9.80 Å². The summed E-state index contributed by atoms with van der Waals surface area (Å²) in [6, 6.07) is 78.1. The lowest BCUT2D eigenvalue weighted by atomic mass is 9.82. The van der Waals surface area contributed by atoms with Crippen molar-refractivity contribution in [1.29, 1.82) is 0 Å². The second-order valence-corrected chi connectivity index (χ2v) is 16.6. The summed E-state index contributed by atoms with van der Waals surface area (Å²) in [6.07, 6.45) is 0. The topological polar surface area (TPSA) is 6.48 Å². The van der Waals surface area contributed by atoms with E-state index in [4.69, 9.17) is 0 Å². The average molecular weight is 769 g/mol. The molecule has 1 aliphatic carbocycles. The van der Waals surface area contributed by atoms with Crippen molar-refractivity contribution in [2.75, 3.05) is 9.80 Å². The third-order valence-electron chi connectivity index (χ3n) is 12.7. The molecule has 1 aliphatic rings. The average Bonchev–Trinajstić information content (AvgIpc) is 3.53. The fraction of sp³-hybridized carbons (Fsp3) is 0.0690. The Balaban J connectivity index is 1.09. The second-order valence-electron chi connectivity index (χ2n) is 16.6. The number of benzene rings is 10. The molecular formula is C58H44N2. The van der Waals surface area contributed by atoms with Crippen LogP contribution in [0.15, 0.2) is 212 Å². The van der Waals surface area contributed by atoms with Crippen LogP contribution in [-0.4, -0.2) is 0 Å². The van der Waals surface area contributed by atoms with Crippen molar-refractivity contribution < 1.29 is 0 Å². The minimum absolute atomic E-state index is 0.0922. The normalized spacial score (nSPS) is 12.7. The quantitative estimate of drug-likeness (QED) is 0.149. The van der Waals surface area contributed by atoms with Gasteiger partial charge in [0, 0.05) is 44.3 Å². The number of hydrogen-bond acceptors (Lipinski definition) is 2. The molecule has 0 bridgehead atoms. The zero-order valence-electron chi connectivity index (χ0n) is 34.1. The van der Waals surface area contributed by atoms with Gasteiger partial charge in [0.1, 0.15) is 0 Å². The minimum atomic E-state index is -0.0922. The molecule has 11 rings (SSSR count). The molecule has 0 atom stereocenters. The summed E-state index contributed by atoms with van der Waals surface area (Å²) in [6.45, 7) is 6.86. The molecule has 0 fully saturated rings. The van der Waals surface area contributed by atoms with Crippen LogP contribution in [0.2, 0.25) is 0 Å². The van der Waals surface area contributed by atoms with Gasteiger partial charge in [-0.25, -0.2) is 0 Å². The van der Waals surface area contributed by atoms with Crippen LogP contribution in [0.25, 0.3) is 54.6 Å². The molecule has 0 aliphatic heterocycles. The van der Waals surface area contributed by atoms with Crippen molar-refractivity contribution in [2.24, 2.45) is 0 Å².